The van der Waals surface area contributed by atoms with Gasteiger partial charge in [0.1, 0.15) is 0 Å². The van der Waals surface area contributed by atoms with E-state index in [2.05, 4.69) is 18.2 Å². The number of hydrogen-bond donors (Lipinski definition) is 0. The normalized spacial score (nSPS) is 9.75. The Bertz CT molecular complexity index is 531. The van der Waals surface area contributed by atoms with Gasteiger partial charge >= 0.3 is 106 Å². The maximum atomic E-state index is 8.88. The Hall–Kier alpha value is -1.26. The zero-order valence-electron chi connectivity index (χ0n) is 8.35. The van der Waals surface area contributed by atoms with E-state index in [1.807, 2.05) is 30.3 Å². The molecular weight excluding hydrogens is 285 g/mol. The SMILES string of the molecule is N#Cc1cc([Se]c2ccccc2)ccc1Cl. The zero-order valence-corrected chi connectivity index (χ0v) is 10.8. The average molecular weight is 293 g/mol. The molecule has 0 atom stereocenters. The number of hydrogen-bond acceptors (Lipinski definition) is 1. The molecule has 0 aliphatic rings. The summed E-state index contributed by atoms with van der Waals surface area (Å²) < 4.78 is 2.46. The Balaban J connectivity index is 2.27. The van der Waals surface area contributed by atoms with Crippen LogP contribution < -0.4 is 8.92 Å². The molecule has 0 amide bonds. The minimum absolute atomic E-state index is 0.234. The van der Waals surface area contributed by atoms with Crippen LogP contribution in [-0.2, 0) is 0 Å². The predicted octanol–water partition coefficient (Wildman–Crippen LogP) is 1.87. The molecule has 2 aromatic rings. The summed E-state index contributed by atoms with van der Waals surface area (Å²) in [6.45, 7) is 0. The van der Waals surface area contributed by atoms with Crippen LogP contribution in [0.25, 0.3) is 0 Å². The van der Waals surface area contributed by atoms with E-state index in [1.165, 1.54) is 8.92 Å². The van der Waals surface area contributed by atoms with Crippen molar-refractivity contribution in [2.24, 2.45) is 0 Å². The molecule has 16 heavy (non-hydrogen) atoms. The van der Waals surface area contributed by atoms with Crippen LogP contribution in [0.5, 0.6) is 0 Å². The van der Waals surface area contributed by atoms with Gasteiger partial charge in [-0.25, -0.2) is 0 Å². The summed E-state index contributed by atoms with van der Waals surface area (Å²) in [6, 6.07) is 18.0. The molecule has 2 aromatic carbocycles. The summed E-state index contributed by atoms with van der Waals surface area (Å²) >= 11 is 6.12. The van der Waals surface area contributed by atoms with Gasteiger partial charge in [-0.05, 0) is 0 Å². The van der Waals surface area contributed by atoms with Crippen molar-refractivity contribution in [2.75, 3.05) is 0 Å². The Morgan fingerprint density at radius 1 is 1.00 bits per heavy atom. The third kappa shape index (κ3) is 2.65. The molecule has 0 radical (unpaired) electrons. The van der Waals surface area contributed by atoms with E-state index in [0.29, 0.717) is 10.6 Å². The van der Waals surface area contributed by atoms with Crippen LogP contribution >= 0.6 is 11.6 Å². The van der Waals surface area contributed by atoms with E-state index < -0.39 is 0 Å². The van der Waals surface area contributed by atoms with E-state index in [9.17, 15) is 0 Å². The van der Waals surface area contributed by atoms with E-state index >= 15 is 0 Å². The molecule has 0 N–H and O–H groups in total. The van der Waals surface area contributed by atoms with Crippen LogP contribution in [0, 0.1) is 11.3 Å². The molecule has 0 saturated heterocycles. The summed E-state index contributed by atoms with van der Waals surface area (Å²) in [5.74, 6) is 0. The van der Waals surface area contributed by atoms with Crippen molar-refractivity contribution in [3.8, 4) is 6.07 Å². The van der Waals surface area contributed by atoms with Gasteiger partial charge in [0.15, 0.2) is 0 Å². The monoisotopic (exact) mass is 293 g/mol. The van der Waals surface area contributed by atoms with Crippen LogP contribution in [-0.4, -0.2) is 15.0 Å². The first-order valence-electron chi connectivity index (χ1n) is 4.72. The van der Waals surface area contributed by atoms with Gasteiger partial charge in [-0.2, -0.15) is 0 Å². The van der Waals surface area contributed by atoms with Crippen molar-refractivity contribution >= 4 is 35.5 Å². The first-order valence-corrected chi connectivity index (χ1v) is 6.81. The summed E-state index contributed by atoms with van der Waals surface area (Å²) in [4.78, 5) is 0. The molecule has 78 valence electrons. The van der Waals surface area contributed by atoms with Gasteiger partial charge in [-0.3, -0.25) is 0 Å². The second-order valence-electron chi connectivity index (χ2n) is 3.17. The summed E-state index contributed by atoms with van der Waals surface area (Å²) in [7, 11) is 0. The van der Waals surface area contributed by atoms with Crippen molar-refractivity contribution in [3.63, 3.8) is 0 Å². The van der Waals surface area contributed by atoms with Crippen molar-refractivity contribution in [2.45, 2.75) is 0 Å². The molecule has 0 fully saturated rings. The Morgan fingerprint density at radius 3 is 2.44 bits per heavy atom. The van der Waals surface area contributed by atoms with Crippen LogP contribution in [0.3, 0.4) is 0 Å². The van der Waals surface area contributed by atoms with Crippen molar-refractivity contribution in [1.29, 1.82) is 5.26 Å². The number of rotatable bonds is 2. The molecule has 0 bridgehead atoms. The second kappa shape index (κ2) is 5.18. The molecule has 1 nitrogen and oxygen atoms in total. The first-order chi connectivity index (χ1) is 7.79. The molecule has 0 heterocycles. The minimum atomic E-state index is 0.234. The molecule has 3 heteroatoms. The van der Waals surface area contributed by atoms with Crippen molar-refractivity contribution in [3.05, 3.63) is 59.1 Å². The number of benzene rings is 2. The number of nitrogens with zero attached hydrogens (tertiary/aromatic N) is 1. The Morgan fingerprint density at radius 2 is 1.75 bits per heavy atom. The molecular formula is C13H8ClNSe. The standard InChI is InChI=1S/C13H8ClNSe/c14-13-7-6-12(8-10(13)9-15)16-11-4-2-1-3-5-11/h1-8H. The quantitative estimate of drug-likeness (QED) is 0.775. The van der Waals surface area contributed by atoms with E-state index in [-0.39, 0.29) is 15.0 Å². The maximum absolute atomic E-state index is 8.88. The fraction of sp³-hybridized carbons (Fsp3) is 0. The third-order valence-corrected chi connectivity index (χ3v) is 4.46. The van der Waals surface area contributed by atoms with Crippen LogP contribution in [0.4, 0.5) is 0 Å². The van der Waals surface area contributed by atoms with E-state index in [0.717, 1.165) is 0 Å². The van der Waals surface area contributed by atoms with Gasteiger partial charge in [0.05, 0.1) is 0 Å². The fourth-order valence-corrected chi connectivity index (χ4v) is 3.28. The number of nitriles is 1. The molecule has 2 rings (SSSR count). The Kier molecular flexibility index (Phi) is 3.64. The Labute approximate surface area is 106 Å². The van der Waals surface area contributed by atoms with E-state index in [4.69, 9.17) is 16.9 Å². The van der Waals surface area contributed by atoms with Crippen LogP contribution in [0.15, 0.2) is 48.5 Å². The van der Waals surface area contributed by atoms with Gasteiger partial charge in [0, 0.05) is 0 Å². The number of halogens is 1. The van der Waals surface area contributed by atoms with Gasteiger partial charge in [-0.15, -0.1) is 0 Å². The topological polar surface area (TPSA) is 23.8 Å². The first kappa shape index (κ1) is 11.2. The van der Waals surface area contributed by atoms with Crippen molar-refractivity contribution in [1.82, 2.24) is 0 Å². The molecule has 0 unspecified atom stereocenters. The summed E-state index contributed by atoms with van der Waals surface area (Å²) in [5, 5.41) is 9.40. The van der Waals surface area contributed by atoms with E-state index in [1.54, 1.807) is 6.07 Å². The average Bonchev–Trinajstić information content (AvgIpc) is 2.33. The molecule has 0 aromatic heterocycles. The van der Waals surface area contributed by atoms with Gasteiger partial charge in [0.25, 0.3) is 0 Å². The molecule has 0 aliphatic carbocycles. The molecule has 0 spiro atoms. The third-order valence-electron chi connectivity index (χ3n) is 2.04. The summed E-state index contributed by atoms with van der Waals surface area (Å²) in [5.41, 5.74) is 0.553. The van der Waals surface area contributed by atoms with Crippen LogP contribution in [0.1, 0.15) is 5.56 Å². The van der Waals surface area contributed by atoms with Crippen LogP contribution in [0.2, 0.25) is 5.02 Å². The van der Waals surface area contributed by atoms with Crippen molar-refractivity contribution < 1.29 is 0 Å². The molecule has 0 aliphatic heterocycles. The second-order valence-corrected chi connectivity index (χ2v) is 5.98. The predicted molar refractivity (Wildman–Crippen MR) is 67.6 cm³/mol. The van der Waals surface area contributed by atoms with Gasteiger partial charge < -0.3 is 0 Å². The zero-order chi connectivity index (χ0) is 11.4. The van der Waals surface area contributed by atoms with Gasteiger partial charge in [-0.1, -0.05) is 0 Å². The summed E-state index contributed by atoms with van der Waals surface area (Å²) in [6.07, 6.45) is 0. The molecule has 0 saturated carbocycles. The van der Waals surface area contributed by atoms with Gasteiger partial charge in [0.2, 0.25) is 0 Å². The fourth-order valence-electron chi connectivity index (χ4n) is 1.28.